The predicted molar refractivity (Wildman–Crippen MR) is 89.2 cm³/mol. The molecule has 2 rings (SSSR count). The Kier molecular flexibility index (Phi) is 5.92. The summed E-state index contributed by atoms with van der Waals surface area (Å²) >= 11 is 0. The number of carbonyl (C=O) groups excluding carboxylic acids is 2. The third-order valence-electron chi connectivity index (χ3n) is 3.64. The van der Waals surface area contributed by atoms with Gasteiger partial charge in [-0.2, -0.15) is 0 Å². The molecule has 6 heteroatoms. The van der Waals surface area contributed by atoms with Gasteiger partial charge < -0.3 is 20.9 Å². The highest BCUT2D eigenvalue weighted by Gasteiger charge is 2.24. The Morgan fingerprint density at radius 1 is 1.12 bits per heavy atom. The van der Waals surface area contributed by atoms with Gasteiger partial charge >= 0.3 is 0 Å². The number of methoxy groups -OCH3 is 1. The van der Waals surface area contributed by atoms with Gasteiger partial charge in [0.15, 0.2) is 6.10 Å². The van der Waals surface area contributed by atoms with E-state index in [9.17, 15) is 14.7 Å². The summed E-state index contributed by atoms with van der Waals surface area (Å²) in [7, 11) is 1.52. The Hall–Kier alpha value is -2.86. The van der Waals surface area contributed by atoms with Crippen molar-refractivity contribution in [2.24, 2.45) is 5.73 Å². The number of rotatable bonds is 7. The molecule has 0 bridgehead atoms. The van der Waals surface area contributed by atoms with Gasteiger partial charge in [-0.25, -0.2) is 0 Å². The van der Waals surface area contributed by atoms with Gasteiger partial charge in [0.2, 0.25) is 5.91 Å². The van der Waals surface area contributed by atoms with Crippen molar-refractivity contribution in [2.45, 2.75) is 18.6 Å². The van der Waals surface area contributed by atoms with E-state index in [0.717, 1.165) is 5.56 Å². The van der Waals surface area contributed by atoms with Gasteiger partial charge in [0.1, 0.15) is 11.8 Å². The molecule has 0 unspecified atom stereocenters. The molecule has 4 N–H and O–H groups in total. The van der Waals surface area contributed by atoms with Crippen molar-refractivity contribution in [3.05, 3.63) is 65.7 Å². The van der Waals surface area contributed by atoms with Crippen LogP contribution in [0, 0.1) is 0 Å². The average Bonchev–Trinajstić information content (AvgIpc) is 2.61. The molecule has 6 nitrogen and oxygen atoms in total. The molecule has 0 saturated carbocycles. The summed E-state index contributed by atoms with van der Waals surface area (Å²) in [6.07, 6.45) is -1.20. The molecule has 0 radical (unpaired) electrons. The molecule has 2 aromatic rings. The fraction of sp³-hybridized carbons (Fsp3) is 0.222. The molecule has 0 heterocycles. The SMILES string of the molecule is COc1ccccc1C[C@H](NC(=O)[C@@H](O)c1ccccc1)C(N)=O. The highest BCUT2D eigenvalue weighted by atomic mass is 16.5. The number of nitrogens with one attached hydrogen (secondary N) is 1. The minimum Gasteiger partial charge on any atom is -0.496 e. The second kappa shape index (κ2) is 8.12. The van der Waals surface area contributed by atoms with Crippen LogP contribution in [0.25, 0.3) is 0 Å². The summed E-state index contributed by atoms with van der Waals surface area (Å²) in [5, 5.41) is 12.6. The number of aliphatic hydroxyl groups is 1. The third-order valence-corrected chi connectivity index (χ3v) is 3.64. The lowest BCUT2D eigenvalue weighted by Gasteiger charge is -2.19. The lowest BCUT2D eigenvalue weighted by atomic mass is 10.0. The zero-order valence-electron chi connectivity index (χ0n) is 13.3. The Bertz CT molecular complexity index is 703. The molecule has 0 aliphatic carbocycles. The molecule has 0 aromatic heterocycles. The summed E-state index contributed by atoms with van der Waals surface area (Å²) in [4.78, 5) is 23.9. The smallest absolute Gasteiger partial charge is 0.254 e. The van der Waals surface area contributed by atoms with Crippen LogP contribution in [0.4, 0.5) is 0 Å². The predicted octanol–water partition coefficient (Wildman–Crippen LogP) is 0.941. The van der Waals surface area contributed by atoms with Crippen molar-refractivity contribution in [2.75, 3.05) is 7.11 Å². The van der Waals surface area contributed by atoms with Gasteiger partial charge in [-0.1, -0.05) is 48.5 Å². The van der Waals surface area contributed by atoms with E-state index in [1.165, 1.54) is 7.11 Å². The summed E-state index contributed by atoms with van der Waals surface area (Å²) in [5.41, 5.74) is 6.56. The number of nitrogens with two attached hydrogens (primary N) is 1. The van der Waals surface area contributed by atoms with Crippen LogP contribution in [-0.4, -0.2) is 30.1 Å². The Morgan fingerprint density at radius 2 is 1.75 bits per heavy atom. The Morgan fingerprint density at radius 3 is 2.38 bits per heavy atom. The maximum Gasteiger partial charge on any atom is 0.254 e. The molecular formula is C18H20N2O4. The zero-order chi connectivity index (χ0) is 17.5. The van der Waals surface area contributed by atoms with Crippen LogP contribution in [0.2, 0.25) is 0 Å². The Labute approximate surface area is 140 Å². The first-order valence-corrected chi connectivity index (χ1v) is 7.47. The van der Waals surface area contributed by atoms with E-state index in [4.69, 9.17) is 10.5 Å². The van der Waals surface area contributed by atoms with Crippen LogP contribution in [0.3, 0.4) is 0 Å². The second-order valence-electron chi connectivity index (χ2n) is 5.29. The summed E-state index contributed by atoms with van der Waals surface area (Å²) in [5.74, 6) is -0.768. The summed E-state index contributed by atoms with van der Waals surface area (Å²) < 4.78 is 5.23. The minimum atomic E-state index is -1.37. The molecule has 2 amide bonds. The number of hydrogen-bond acceptors (Lipinski definition) is 4. The number of primary amides is 1. The zero-order valence-corrected chi connectivity index (χ0v) is 13.3. The summed E-state index contributed by atoms with van der Waals surface area (Å²) in [6.45, 7) is 0. The second-order valence-corrected chi connectivity index (χ2v) is 5.29. The molecule has 2 aromatic carbocycles. The number of benzene rings is 2. The molecular weight excluding hydrogens is 308 g/mol. The average molecular weight is 328 g/mol. The van der Waals surface area contributed by atoms with Crippen molar-refractivity contribution in [1.29, 1.82) is 0 Å². The van der Waals surface area contributed by atoms with E-state index in [1.54, 1.807) is 54.6 Å². The van der Waals surface area contributed by atoms with Crippen molar-refractivity contribution >= 4 is 11.8 Å². The fourth-order valence-corrected chi connectivity index (χ4v) is 2.35. The van der Waals surface area contributed by atoms with Gasteiger partial charge in [0.25, 0.3) is 5.91 Å². The molecule has 0 saturated heterocycles. The first-order chi connectivity index (χ1) is 11.5. The van der Waals surface area contributed by atoms with Crippen molar-refractivity contribution in [3.63, 3.8) is 0 Å². The van der Waals surface area contributed by atoms with Gasteiger partial charge in [-0.3, -0.25) is 9.59 Å². The van der Waals surface area contributed by atoms with Crippen LogP contribution >= 0.6 is 0 Å². The standard InChI is InChI=1S/C18H20N2O4/c1-24-15-10-6-5-9-13(15)11-14(17(19)22)20-18(23)16(21)12-7-3-2-4-8-12/h2-10,14,16,21H,11H2,1H3,(H2,19,22)(H,20,23)/t14-,16-/m0/s1. The number of carbonyl (C=O) groups is 2. The number of para-hydroxylation sites is 1. The van der Waals surface area contributed by atoms with Crippen LogP contribution in [0.1, 0.15) is 17.2 Å². The first-order valence-electron chi connectivity index (χ1n) is 7.47. The molecule has 24 heavy (non-hydrogen) atoms. The molecule has 0 aliphatic rings. The van der Waals surface area contributed by atoms with Crippen LogP contribution < -0.4 is 15.8 Å². The molecule has 0 fully saturated rings. The topological polar surface area (TPSA) is 102 Å². The van der Waals surface area contributed by atoms with Gasteiger partial charge in [0.05, 0.1) is 7.11 Å². The fourth-order valence-electron chi connectivity index (χ4n) is 2.35. The van der Waals surface area contributed by atoms with E-state index in [-0.39, 0.29) is 6.42 Å². The molecule has 2 atom stereocenters. The quantitative estimate of drug-likeness (QED) is 0.704. The van der Waals surface area contributed by atoms with E-state index in [0.29, 0.717) is 11.3 Å². The highest BCUT2D eigenvalue weighted by molar-refractivity contribution is 5.89. The number of ether oxygens (including phenoxy) is 1. The highest BCUT2D eigenvalue weighted by Crippen LogP contribution is 2.19. The minimum absolute atomic E-state index is 0.173. The normalized spacial score (nSPS) is 12.9. The van der Waals surface area contributed by atoms with E-state index < -0.39 is 24.0 Å². The number of hydrogen-bond donors (Lipinski definition) is 3. The van der Waals surface area contributed by atoms with E-state index in [2.05, 4.69) is 5.32 Å². The summed E-state index contributed by atoms with van der Waals surface area (Å²) in [6, 6.07) is 14.7. The van der Waals surface area contributed by atoms with Crippen LogP contribution in [0.15, 0.2) is 54.6 Å². The monoisotopic (exact) mass is 328 g/mol. The van der Waals surface area contributed by atoms with Crippen LogP contribution in [0.5, 0.6) is 5.75 Å². The number of aliphatic hydroxyl groups excluding tert-OH is 1. The lowest BCUT2D eigenvalue weighted by molar-refractivity contribution is -0.133. The van der Waals surface area contributed by atoms with Crippen LogP contribution in [-0.2, 0) is 16.0 Å². The van der Waals surface area contributed by atoms with Crippen molar-refractivity contribution in [1.82, 2.24) is 5.32 Å². The van der Waals surface area contributed by atoms with Gasteiger partial charge in [-0.15, -0.1) is 0 Å². The van der Waals surface area contributed by atoms with E-state index in [1.807, 2.05) is 0 Å². The van der Waals surface area contributed by atoms with Gasteiger partial charge in [0, 0.05) is 6.42 Å². The third kappa shape index (κ3) is 4.33. The first kappa shape index (κ1) is 17.5. The molecule has 0 spiro atoms. The van der Waals surface area contributed by atoms with Crippen molar-refractivity contribution < 1.29 is 19.4 Å². The molecule has 126 valence electrons. The maximum atomic E-state index is 12.2. The van der Waals surface area contributed by atoms with E-state index >= 15 is 0 Å². The number of amides is 2. The molecule has 0 aliphatic heterocycles. The van der Waals surface area contributed by atoms with Crippen molar-refractivity contribution in [3.8, 4) is 5.75 Å². The maximum absolute atomic E-state index is 12.2. The van der Waals surface area contributed by atoms with Gasteiger partial charge in [-0.05, 0) is 17.2 Å². The largest absolute Gasteiger partial charge is 0.496 e. The lowest BCUT2D eigenvalue weighted by Crippen LogP contribution is -2.47. The Balaban J connectivity index is 2.11.